The lowest BCUT2D eigenvalue weighted by Crippen LogP contribution is -2.12. The van der Waals surface area contributed by atoms with Gasteiger partial charge in [0.05, 0.1) is 7.11 Å². The summed E-state index contributed by atoms with van der Waals surface area (Å²) in [6, 6.07) is 18.1. The van der Waals surface area contributed by atoms with Crippen molar-refractivity contribution in [2.75, 3.05) is 7.11 Å². The molecule has 1 aromatic heterocycles. The van der Waals surface area contributed by atoms with Crippen LogP contribution in [-0.4, -0.2) is 12.1 Å². The van der Waals surface area contributed by atoms with Crippen molar-refractivity contribution in [3.63, 3.8) is 0 Å². The molecule has 0 aliphatic carbocycles. The van der Waals surface area contributed by atoms with Crippen molar-refractivity contribution in [3.8, 4) is 34.2 Å². The first-order valence-corrected chi connectivity index (χ1v) is 7.58. The molecule has 0 unspecified atom stereocenters. The summed E-state index contributed by atoms with van der Waals surface area (Å²) < 4.78 is 5.22. The van der Waals surface area contributed by atoms with Gasteiger partial charge in [0.25, 0.3) is 5.56 Å². The topological polar surface area (TPSA) is 65.9 Å². The Labute approximate surface area is 143 Å². The highest BCUT2D eigenvalue weighted by Crippen LogP contribution is 2.28. The summed E-state index contributed by atoms with van der Waals surface area (Å²) in [5.74, 6) is 0.686. The molecular formula is C19H13ClN2O2. The Hall–Kier alpha value is -3.03. The largest absolute Gasteiger partial charge is 0.497 e. The molecule has 24 heavy (non-hydrogen) atoms. The number of nitrogens with one attached hydrogen (secondary N) is 1. The molecule has 0 amide bonds. The number of hydrogen-bond acceptors (Lipinski definition) is 3. The molecule has 0 saturated heterocycles. The van der Waals surface area contributed by atoms with Gasteiger partial charge in [-0.2, -0.15) is 5.26 Å². The van der Waals surface area contributed by atoms with Gasteiger partial charge in [-0.05, 0) is 35.9 Å². The van der Waals surface area contributed by atoms with Crippen molar-refractivity contribution in [1.82, 2.24) is 4.98 Å². The molecular weight excluding hydrogens is 324 g/mol. The molecule has 3 aromatic rings. The molecule has 1 N–H and O–H groups in total. The van der Waals surface area contributed by atoms with Crippen LogP contribution in [0.2, 0.25) is 5.02 Å². The zero-order chi connectivity index (χ0) is 17.1. The maximum Gasteiger partial charge on any atom is 0.266 e. The highest BCUT2D eigenvalue weighted by atomic mass is 35.5. The van der Waals surface area contributed by atoms with E-state index in [9.17, 15) is 10.1 Å². The van der Waals surface area contributed by atoms with E-state index in [1.54, 1.807) is 37.4 Å². The number of nitriles is 1. The van der Waals surface area contributed by atoms with E-state index < -0.39 is 5.56 Å². The van der Waals surface area contributed by atoms with Crippen LogP contribution in [0.25, 0.3) is 22.4 Å². The molecule has 0 fully saturated rings. The molecule has 0 spiro atoms. The number of benzene rings is 2. The first kappa shape index (κ1) is 15.9. The zero-order valence-electron chi connectivity index (χ0n) is 12.8. The number of halogens is 1. The minimum atomic E-state index is -0.428. The number of rotatable bonds is 3. The van der Waals surface area contributed by atoms with Crippen molar-refractivity contribution < 1.29 is 4.74 Å². The summed E-state index contributed by atoms with van der Waals surface area (Å²) in [5.41, 5.74) is 2.38. The lowest BCUT2D eigenvalue weighted by molar-refractivity contribution is 0.415. The monoisotopic (exact) mass is 336 g/mol. The van der Waals surface area contributed by atoms with Gasteiger partial charge in [0.2, 0.25) is 0 Å². The predicted molar refractivity (Wildman–Crippen MR) is 94.2 cm³/mol. The molecule has 4 nitrogen and oxygen atoms in total. The summed E-state index contributed by atoms with van der Waals surface area (Å²) in [7, 11) is 1.58. The van der Waals surface area contributed by atoms with Crippen molar-refractivity contribution in [3.05, 3.63) is 75.5 Å². The summed E-state index contributed by atoms with van der Waals surface area (Å²) in [6.07, 6.45) is 0. The Morgan fingerprint density at radius 1 is 1.08 bits per heavy atom. The van der Waals surface area contributed by atoms with E-state index >= 15 is 0 Å². The Morgan fingerprint density at radius 2 is 1.83 bits per heavy atom. The van der Waals surface area contributed by atoms with Gasteiger partial charge in [-0.25, -0.2) is 0 Å². The second-order valence-corrected chi connectivity index (χ2v) is 5.59. The van der Waals surface area contributed by atoms with Gasteiger partial charge >= 0.3 is 0 Å². The normalized spacial score (nSPS) is 10.2. The van der Waals surface area contributed by atoms with Crippen LogP contribution in [0, 0.1) is 11.3 Å². The van der Waals surface area contributed by atoms with Crippen LogP contribution in [-0.2, 0) is 0 Å². The minimum Gasteiger partial charge on any atom is -0.497 e. The number of aromatic amines is 1. The Morgan fingerprint density at radius 3 is 2.50 bits per heavy atom. The molecule has 1 heterocycles. The zero-order valence-corrected chi connectivity index (χ0v) is 13.6. The quantitative estimate of drug-likeness (QED) is 0.777. The lowest BCUT2D eigenvalue weighted by atomic mass is 9.99. The molecule has 0 saturated carbocycles. The molecule has 0 atom stereocenters. The first-order chi connectivity index (χ1) is 11.6. The fourth-order valence-corrected chi connectivity index (χ4v) is 2.60. The number of nitrogens with zero attached hydrogens (tertiary/aromatic N) is 1. The Kier molecular flexibility index (Phi) is 4.37. The number of H-pyrrole nitrogens is 1. The van der Waals surface area contributed by atoms with E-state index in [0.29, 0.717) is 22.0 Å². The van der Waals surface area contributed by atoms with Gasteiger partial charge in [-0.15, -0.1) is 0 Å². The van der Waals surface area contributed by atoms with Crippen LogP contribution in [0.15, 0.2) is 59.4 Å². The average molecular weight is 337 g/mol. The smallest absolute Gasteiger partial charge is 0.266 e. The number of methoxy groups -OCH3 is 1. The Balaban J connectivity index is 2.22. The molecule has 2 aromatic carbocycles. The van der Waals surface area contributed by atoms with E-state index in [2.05, 4.69) is 4.98 Å². The standard InChI is InChI=1S/C19H13ClN2O2/c1-24-15-4-2-3-13(9-15)18-10-16(17(11-21)19(23)22-18)12-5-7-14(20)8-6-12/h2-10H,1H3,(H,22,23). The molecule has 0 radical (unpaired) electrons. The molecule has 0 aliphatic heterocycles. The number of aromatic nitrogens is 1. The maximum absolute atomic E-state index is 12.3. The maximum atomic E-state index is 12.3. The number of hydrogen-bond donors (Lipinski definition) is 1. The van der Waals surface area contributed by atoms with Gasteiger partial charge in [-0.1, -0.05) is 35.9 Å². The minimum absolute atomic E-state index is 0.0731. The van der Waals surface area contributed by atoms with E-state index in [1.807, 2.05) is 30.3 Å². The predicted octanol–water partition coefficient (Wildman–Crippen LogP) is 4.24. The number of pyridine rings is 1. The first-order valence-electron chi connectivity index (χ1n) is 7.20. The fourth-order valence-electron chi connectivity index (χ4n) is 2.47. The second kappa shape index (κ2) is 6.61. The van der Waals surface area contributed by atoms with Crippen LogP contribution in [0.5, 0.6) is 5.75 Å². The van der Waals surface area contributed by atoms with Gasteiger partial charge in [-0.3, -0.25) is 4.79 Å². The molecule has 3 rings (SSSR count). The van der Waals surface area contributed by atoms with Gasteiger partial charge in [0.1, 0.15) is 17.4 Å². The summed E-state index contributed by atoms with van der Waals surface area (Å²) in [4.78, 5) is 15.1. The highest BCUT2D eigenvalue weighted by Gasteiger charge is 2.12. The van der Waals surface area contributed by atoms with Gasteiger partial charge in [0.15, 0.2) is 0 Å². The summed E-state index contributed by atoms with van der Waals surface area (Å²) in [6.45, 7) is 0. The van der Waals surface area contributed by atoms with Crippen LogP contribution in [0.1, 0.15) is 5.56 Å². The van der Waals surface area contributed by atoms with E-state index in [-0.39, 0.29) is 5.56 Å². The molecule has 118 valence electrons. The van der Waals surface area contributed by atoms with Crippen molar-refractivity contribution in [2.45, 2.75) is 0 Å². The summed E-state index contributed by atoms with van der Waals surface area (Å²) in [5, 5.41) is 9.94. The third kappa shape index (κ3) is 3.03. The van der Waals surface area contributed by atoms with E-state index in [0.717, 1.165) is 11.1 Å². The molecule has 5 heteroatoms. The number of ether oxygens (including phenoxy) is 1. The van der Waals surface area contributed by atoms with Crippen molar-refractivity contribution in [1.29, 1.82) is 5.26 Å². The SMILES string of the molecule is COc1cccc(-c2cc(-c3ccc(Cl)cc3)c(C#N)c(=O)[nH]2)c1. The fraction of sp³-hybridized carbons (Fsp3) is 0.0526. The van der Waals surface area contributed by atoms with Crippen LogP contribution >= 0.6 is 11.6 Å². The van der Waals surface area contributed by atoms with Crippen molar-refractivity contribution >= 4 is 11.6 Å². The highest BCUT2D eigenvalue weighted by molar-refractivity contribution is 6.30. The van der Waals surface area contributed by atoms with Gasteiger partial charge < -0.3 is 9.72 Å². The Bertz CT molecular complexity index is 985. The van der Waals surface area contributed by atoms with Crippen LogP contribution in [0.4, 0.5) is 0 Å². The molecule has 0 bridgehead atoms. The lowest BCUT2D eigenvalue weighted by Gasteiger charge is -2.09. The second-order valence-electron chi connectivity index (χ2n) is 5.15. The summed E-state index contributed by atoms with van der Waals surface area (Å²) >= 11 is 5.92. The van der Waals surface area contributed by atoms with E-state index in [1.165, 1.54) is 0 Å². The van der Waals surface area contributed by atoms with Gasteiger partial charge in [0, 0.05) is 21.8 Å². The third-order valence-corrected chi connectivity index (χ3v) is 3.93. The van der Waals surface area contributed by atoms with Crippen LogP contribution < -0.4 is 10.3 Å². The van der Waals surface area contributed by atoms with Crippen molar-refractivity contribution in [2.24, 2.45) is 0 Å². The molecule has 0 aliphatic rings. The van der Waals surface area contributed by atoms with Crippen LogP contribution in [0.3, 0.4) is 0 Å². The van der Waals surface area contributed by atoms with E-state index in [4.69, 9.17) is 16.3 Å². The average Bonchev–Trinajstić information content (AvgIpc) is 2.61. The third-order valence-electron chi connectivity index (χ3n) is 3.68.